The number of benzene rings is 2. The van der Waals surface area contributed by atoms with Gasteiger partial charge in [-0.2, -0.15) is 0 Å². The minimum absolute atomic E-state index is 0.530. The fraction of sp³-hybridized carbons (Fsp3) is 0.320. The molecule has 4 rings (SSSR count). The van der Waals surface area contributed by atoms with E-state index >= 15 is 0 Å². The Balaban J connectivity index is 1.52. The molecule has 0 aliphatic carbocycles. The van der Waals surface area contributed by atoms with Crippen molar-refractivity contribution in [3.05, 3.63) is 72.4 Å². The van der Waals surface area contributed by atoms with Crippen LogP contribution in [0.2, 0.25) is 0 Å². The van der Waals surface area contributed by atoms with Gasteiger partial charge in [-0.1, -0.05) is 30.3 Å². The standard InChI is InChI=1S/C25H28N2O2/c1-18-9-10-19(2)27(18)21-11-14-24(26-16-21)23-13-12-22(15-25(23)28-3)29-17-20-7-5-4-6-8-20/h4-8,11-16,18-19H,9-10,17H2,1-3H3/t18-,19-/m0/s1. The van der Waals surface area contributed by atoms with Crippen LogP contribution in [0.4, 0.5) is 5.69 Å². The van der Waals surface area contributed by atoms with Crippen LogP contribution in [0.15, 0.2) is 66.9 Å². The summed E-state index contributed by atoms with van der Waals surface area (Å²) in [6, 6.07) is 21.4. The van der Waals surface area contributed by atoms with Crippen LogP contribution in [0.25, 0.3) is 11.3 Å². The number of anilines is 1. The molecule has 3 aromatic rings. The van der Waals surface area contributed by atoms with Crippen LogP contribution in [-0.2, 0) is 6.61 Å². The zero-order valence-corrected chi connectivity index (χ0v) is 17.3. The molecule has 4 heteroatoms. The van der Waals surface area contributed by atoms with Crippen LogP contribution in [0, 0.1) is 0 Å². The molecule has 4 nitrogen and oxygen atoms in total. The second kappa shape index (κ2) is 8.56. The summed E-state index contributed by atoms with van der Waals surface area (Å²) in [5, 5.41) is 0. The quantitative estimate of drug-likeness (QED) is 0.541. The highest BCUT2D eigenvalue weighted by molar-refractivity contribution is 5.69. The number of pyridine rings is 1. The highest BCUT2D eigenvalue weighted by Crippen LogP contribution is 2.35. The van der Waals surface area contributed by atoms with E-state index in [1.807, 2.05) is 42.6 Å². The van der Waals surface area contributed by atoms with Gasteiger partial charge in [0.25, 0.3) is 0 Å². The summed E-state index contributed by atoms with van der Waals surface area (Å²) in [6.45, 7) is 5.10. The molecule has 29 heavy (non-hydrogen) atoms. The number of nitrogens with zero attached hydrogens (tertiary/aromatic N) is 2. The Labute approximate surface area is 173 Å². The molecule has 0 radical (unpaired) electrons. The van der Waals surface area contributed by atoms with Gasteiger partial charge in [-0.15, -0.1) is 0 Å². The Morgan fingerprint density at radius 1 is 0.966 bits per heavy atom. The molecular weight excluding hydrogens is 360 g/mol. The average Bonchev–Trinajstić information content (AvgIpc) is 3.11. The third-order valence-corrected chi connectivity index (χ3v) is 5.70. The zero-order valence-electron chi connectivity index (χ0n) is 17.3. The van der Waals surface area contributed by atoms with E-state index in [1.54, 1.807) is 7.11 Å². The van der Waals surface area contributed by atoms with Crippen molar-refractivity contribution in [1.82, 2.24) is 4.98 Å². The summed E-state index contributed by atoms with van der Waals surface area (Å²) >= 11 is 0. The van der Waals surface area contributed by atoms with Gasteiger partial charge in [-0.05, 0) is 56.5 Å². The van der Waals surface area contributed by atoms with Crippen molar-refractivity contribution in [2.24, 2.45) is 0 Å². The van der Waals surface area contributed by atoms with E-state index in [-0.39, 0.29) is 0 Å². The molecule has 2 heterocycles. The van der Waals surface area contributed by atoms with Crippen molar-refractivity contribution in [2.45, 2.75) is 45.4 Å². The lowest BCUT2D eigenvalue weighted by atomic mass is 10.1. The molecule has 1 aliphatic heterocycles. The molecule has 0 unspecified atom stereocenters. The Hall–Kier alpha value is -3.01. The number of rotatable bonds is 6. The van der Waals surface area contributed by atoms with E-state index in [0.29, 0.717) is 18.7 Å². The van der Waals surface area contributed by atoms with Gasteiger partial charge < -0.3 is 14.4 Å². The van der Waals surface area contributed by atoms with Crippen molar-refractivity contribution >= 4 is 5.69 Å². The van der Waals surface area contributed by atoms with Crippen LogP contribution in [0.3, 0.4) is 0 Å². The molecule has 0 amide bonds. The van der Waals surface area contributed by atoms with E-state index in [4.69, 9.17) is 14.5 Å². The van der Waals surface area contributed by atoms with Gasteiger partial charge in [0.2, 0.25) is 0 Å². The van der Waals surface area contributed by atoms with E-state index in [1.165, 1.54) is 18.5 Å². The predicted octanol–water partition coefficient (Wildman–Crippen LogP) is 5.71. The summed E-state index contributed by atoms with van der Waals surface area (Å²) in [7, 11) is 1.68. The Morgan fingerprint density at radius 3 is 2.38 bits per heavy atom. The lowest BCUT2D eigenvalue weighted by Gasteiger charge is -2.28. The average molecular weight is 389 g/mol. The van der Waals surface area contributed by atoms with Gasteiger partial charge in [-0.25, -0.2) is 0 Å². The fourth-order valence-corrected chi connectivity index (χ4v) is 4.12. The number of methoxy groups -OCH3 is 1. The lowest BCUT2D eigenvalue weighted by Crippen LogP contribution is -2.32. The van der Waals surface area contributed by atoms with Gasteiger partial charge in [0.1, 0.15) is 18.1 Å². The molecule has 150 valence electrons. The van der Waals surface area contributed by atoms with E-state index in [2.05, 4.69) is 43.0 Å². The Bertz CT molecular complexity index is 931. The molecule has 2 aromatic carbocycles. The summed E-state index contributed by atoms with van der Waals surface area (Å²) < 4.78 is 11.6. The predicted molar refractivity (Wildman–Crippen MR) is 118 cm³/mol. The van der Waals surface area contributed by atoms with E-state index < -0.39 is 0 Å². The van der Waals surface area contributed by atoms with Gasteiger partial charge in [-0.3, -0.25) is 4.98 Å². The topological polar surface area (TPSA) is 34.6 Å². The maximum Gasteiger partial charge on any atom is 0.131 e. The van der Waals surface area contributed by atoms with Crippen molar-refractivity contribution in [1.29, 1.82) is 0 Å². The van der Waals surface area contributed by atoms with Crippen LogP contribution < -0.4 is 14.4 Å². The first-order valence-electron chi connectivity index (χ1n) is 10.2. The summed E-state index contributed by atoms with van der Waals surface area (Å²) in [4.78, 5) is 7.20. The third-order valence-electron chi connectivity index (χ3n) is 5.70. The fourth-order valence-electron chi connectivity index (χ4n) is 4.12. The first kappa shape index (κ1) is 19.3. The normalized spacial score (nSPS) is 18.7. The highest BCUT2D eigenvalue weighted by atomic mass is 16.5. The molecular formula is C25H28N2O2. The Morgan fingerprint density at radius 2 is 1.72 bits per heavy atom. The lowest BCUT2D eigenvalue weighted by molar-refractivity contribution is 0.304. The van der Waals surface area contributed by atoms with Crippen LogP contribution >= 0.6 is 0 Å². The molecule has 1 fully saturated rings. The number of hydrogen-bond acceptors (Lipinski definition) is 4. The van der Waals surface area contributed by atoms with E-state index in [0.717, 1.165) is 28.3 Å². The van der Waals surface area contributed by atoms with Gasteiger partial charge in [0, 0.05) is 23.7 Å². The summed E-state index contributed by atoms with van der Waals surface area (Å²) in [6.07, 6.45) is 4.45. The van der Waals surface area contributed by atoms with E-state index in [9.17, 15) is 0 Å². The zero-order chi connectivity index (χ0) is 20.2. The first-order chi connectivity index (χ1) is 14.2. The SMILES string of the molecule is COc1cc(OCc2ccccc2)ccc1-c1ccc(N2[C@@H](C)CC[C@@H]2C)cn1. The number of hydrogen-bond donors (Lipinski definition) is 0. The second-order valence-corrected chi connectivity index (χ2v) is 7.72. The van der Waals surface area contributed by atoms with Crippen molar-refractivity contribution in [3.63, 3.8) is 0 Å². The van der Waals surface area contributed by atoms with Crippen LogP contribution in [0.1, 0.15) is 32.3 Å². The molecule has 0 N–H and O–H groups in total. The van der Waals surface area contributed by atoms with Gasteiger partial charge in [0.15, 0.2) is 0 Å². The molecule has 1 aliphatic rings. The monoisotopic (exact) mass is 388 g/mol. The first-order valence-corrected chi connectivity index (χ1v) is 10.2. The molecule has 1 saturated heterocycles. The van der Waals surface area contributed by atoms with Crippen LogP contribution in [-0.4, -0.2) is 24.2 Å². The van der Waals surface area contributed by atoms with Crippen molar-refractivity contribution in [3.8, 4) is 22.8 Å². The largest absolute Gasteiger partial charge is 0.496 e. The van der Waals surface area contributed by atoms with Crippen molar-refractivity contribution in [2.75, 3.05) is 12.0 Å². The highest BCUT2D eigenvalue weighted by Gasteiger charge is 2.27. The number of ether oxygens (including phenoxy) is 2. The number of aromatic nitrogens is 1. The smallest absolute Gasteiger partial charge is 0.131 e. The van der Waals surface area contributed by atoms with Gasteiger partial charge >= 0.3 is 0 Å². The van der Waals surface area contributed by atoms with Crippen molar-refractivity contribution < 1.29 is 9.47 Å². The maximum absolute atomic E-state index is 5.93. The minimum Gasteiger partial charge on any atom is -0.496 e. The third kappa shape index (κ3) is 4.21. The minimum atomic E-state index is 0.530. The molecule has 1 aromatic heterocycles. The molecule has 0 spiro atoms. The van der Waals surface area contributed by atoms with Gasteiger partial charge in [0.05, 0.1) is 24.7 Å². The summed E-state index contributed by atoms with van der Waals surface area (Å²) in [5.41, 5.74) is 4.19. The Kier molecular flexibility index (Phi) is 5.70. The summed E-state index contributed by atoms with van der Waals surface area (Å²) in [5.74, 6) is 1.55. The molecule has 0 bridgehead atoms. The molecule has 2 atom stereocenters. The molecule has 0 saturated carbocycles. The second-order valence-electron chi connectivity index (χ2n) is 7.72. The van der Waals surface area contributed by atoms with Crippen LogP contribution in [0.5, 0.6) is 11.5 Å². The maximum atomic E-state index is 5.93.